The lowest BCUT2D eigenvalue weighted by atomic mass is 9.85. The van der Waals surface area contributed by atoms with Gasteiger partial charge < -0.3 is 9.84 Å². The zero-order valence-electron chi connectivity index (χ0n) is 18.4. The van der Waals surface area contributed by atoms with Crippen molar-refractivity contribution in [3.8, 4) is 5.75 Å². The molecule has 0 unspecified atom stereocenters. The molecule has 1 saturated carbocycles. The van der Waals surface area contributed by atoms with Crippen molar-refractivity contribution in [3.63, 3.8) is 0 Å². The Bertz CT molecular complexity index is 1090. The van der Waals surface area contributed by atoms with Crippen LogP contribution in [0.2, 0.25) is 0 Å². The molecule has 2 fully saturated rings. The molecule has 4 nitrogen and oxygen atoms in total. The van der Waals surface area contributed by atoms with Gasteiger partial charge in [-0.3, -0.25) is 9.88 Å². The Morgan fingerprint density at radius 3 is 2.81 bits per heavy atom. The van der Waals surface area contributed by atoms with Crippen molar-refractivity contribution >= 4 is 0 Å². The molecule has 5 heteroatoms. The number of likely N-dealkylation sites (tertiary alicyclic amines) is 1. The Hall–Kier alpha value is -2.76. The van der Waals surface area contributed by atoms with Crippen molar-refractivity contribution in [1.82, 2.24) is 9.88 Å². The van der Waals surface area contributed by atoms with Gasteiger partial charge in [-0.1, -0.05) is 36.4 Å². The molecule has 0 spiro atoms. The van der Waals surface area contributed by atoms with Gasteiger partial charge in [-0.15, -0.1) is 0 Å². The predicted octanol–water partition coefficient (Wildman–Crippen LogP) is 4.84. The number of fused-ring (bicyclic) bond motifs is 1. The largest absolute Gasteiger partial charge is 0.489 e. The molecule has 1 saturated heterocycles. The van der Waals surface area contributed by atoms with Crippen LogP contribution < -0.4 is 4.74 Å². The van der Waals surface area contributed by atoms with Crippen LogP contribution in [0.5, 0.6) is 5.75 Å². The van der Waals surface area contributed by atoms with Gasteiger partial charge in [0.1, 0.15) is 23.8 Å². The van der Waals surface area contributed by atoms with Crippen LogP contribution in [0.4, 0.5) is 4.39 Å². The summed E-state index contributed by atoms with van der Waals surface area (Å²) in [5.41, 5.74) is 2.98. The maximum absolute atomic E-state index is 13.5. The van der Waals surface area contributed by atoms with Gasteiger partial charge >= 0.3 is 0 Å². The lowest BCUT2D eigenvalue weighted by Crippen LogP contribution is -2.35. The van der Waals surface area contributed by atoms with Gasteiger partial charge in [-0.2, -0.15) is 0 Å². The van der Waals surface area contributed by atoms with Gasteiger partial charge in [0.25, 0.3) is 0 Å². The molecule has 0 bridgehead atoms. The summed E-state index contributed by atoms with van der Waals surface area (Å²) >= 11 is 0. The molecule has 3 aromatic rings. The third kappa shape index (κ3) is 4.15. The van der Waals surface area contributed by atoms with Gasteiger partial charge in [0.15, 0.2) is 0 Å². The number of para-hydroxylation sites is 1. The third-order valence-corrected chi connectivity index (χ3v) is 7.03. The number of ether oxygens (including phenoxy) is 1. The second kappa shape index (κ2) is 8.64. The number of aryl methyl sites for hydroxylation is 1. The Labute approximate surface area is 188 Å². The molecule has 2 heterocycles. The fraction of sp³-hybridized carbons (Fsp3) is 0.370. The molecule has 1 aliphatic carbocycles. The van der Waals surface area contributed by atoms with E-state index in [1.165, 1.54) is 12.1 Å². The first-order valence-corrected chi connectivity index (χ1v) is 11.3. The van der Waals surface area contributed by atoms with Crippen molar-refractivity contribution in [2.24, 2.45) is 11.8 Å². The smallest absolute Gasteiger partial charge is 0.124 e. The minimum atomic E-state index is -0.847. The van der Waals surface area contributed by atoms with Crippen LogP contribution >= 0.6 is 0 Å². The van der Waals surface area contributed by atoms with E-state index in [0.29, 0.717) is 12.5 Å². The van der Waals surface area contributed by atoms with Gasteiger partial charge in [-0.25, -0.2) is 4.39 Å². The lowest BCUT2D eigenvalue weighted by molar-refractivity contribution is -0.0108. The normalized spacial score (nSPS) is 25.1. The molecule has 0 radical (unpaired) electrons. The number of hydrogen-bond donors (Lipinski definition) is 1. The van der Waals surface area contributed by atoms with E-state index in [2.05, 4.69) is 16.0 Å². The van der Waals surface area contributed by atoms with Crippen LogP contribution in [0.25, 0.3) is 0 Å². The van der Waals surface area contributed by atoms with Crippen molar-refractivity contribution in [3.05, 3.63) is 95.1 Å². The van der Waals surface area contributed by atoms with E-state index in [-0.39, 0.29) is 11.7 Å². The van der Waals surface area contributed by atoms with E-state index in [1.54, 1.807) is 6.07 Å². The number of rotatable bonds is 6. The fourth-order valence-electron chi connectivity index (χ4n) is 5.36. The number of hydrogen-bond acceptors (Lipinski definition) is 4. The molecule has 2 aliphatic rings. The highest BCUT2D eigenvalue weighted by molar-refractivity contribution is 5.34. The predicted molar refractivity (Wildman–Crippen MR) is 122 cm³/mol. The summed E-state index contributed by atoms with van der Waals surface area (Å²) in [6, 6.07) is 18.6. The van der Waals surface area contributed by atoms with Crippen LogP contribution in [0, 0.1) is 24.6 Å². The highest BCUT2D eigenvalue weighted by atomic mass is 19.1. The summed E-state index contributed by atoms with van der Waals surface area (Å²) in [5, 5.41) is 11.6. The monoisotopic (exact) mass is 432 g/mol. The molecular weight excluding hydrogens is 403 g/mol. The summed E-state index contributed by atoms with van der Waals surface area (Å²) in [4.78, 5) is 6.97. The minimum Gasteiger partial charge on any atom is -0.489 e. The van der Waals surface area contributed by atoms with E-state index in [4.69, 9.17) is 4.74 Å². The highest BCUT2D eigenvalue weighted by Crippen LogP contribution is 2.50. The van der Waals surface area contributed by atoms with E-state index in [0.717, 1.165) is 60.6 Å². The van der Waals surface area contributed by atoms with Crippen molar-refractivity contribution < 1.29 is 14.2 Å². The molecule has 3 atom stereocenters. The molecule has 1 aliphatic heterocycles. The summed E-state index contributed by atoms with van der Waals surface area (Å²) < 4.78 is 19.5. The van der Waals surface area contributed by atoms with E-state index in [1.807, 2.05) is 49.5 Å². The summed E-state index contributed by atoms with van der Waals surface area (Å²) in [5.74, 6) is 1.24. The standard InChI is InChI=1S/C27H29FN2O2/c1-19-9-10-26(29-14-19)27(31)12-11-21-15-30(17-24(21)27)16-22-6-2-3-8-25(22)32-18-20-5-4-7-23(28)13-20/h2-10,13-14,21,24,31H,11-12,15-18H2,1H3/t21-,24+,27-/m0/s1. The van der Waals surface area contributed by atoms with Crippen LogP contribution in [-0.4, -0.2) is 28.1 Å². The fourth-order valence-corrected chi connectivity index (χ4v) is 5.36. The molecule has 2 aromatic carbocycles. The molecule has 32 heavy (non-hydrogen) atoms. The first-order chi connectivity index (χ1) is 15.5. The second-order valence-corrected chi connectivity index (χ2v) is 9.27. The van der Waals surface area contributed by atoms with Crippen molar-refractivity contribution in [2.45, 2.75) is 38.5 Å². The molecule has 0 amide bonds. The van der Waals surface area contributed by atoms with Gasteiger partial charge in [0.05, 0.1) is 5.69 Å². The summed E-state index contributed by atoms with van der Waals surface area (Å²) in [7, 11) is 0. The number of aromatic nitrogens is 1. The average molecular weight is 433 g/mol. The number of halogens is 1. The van der Waals surface area contributed by atoms with Crippen LogP contribution in [0.15, 0.2) is 66.9 Å². The average Bonchev–Trinajstić information content (AvgIpc) is 3.34. The number of nitrogens with zero attached hydrogens (tertiary/aromatic N) is 2. The molecule has 1 N–H and O–H groups in total. The number of aliphatic hydroxyl groups is 1. The number of pyridine rings is 1. The number of benzene rings is 2. The highest BCUT2D eigenvalue weighted by Gasteiger charge is 2.53. The van der Waals surface area contributed by atoms with E-state index in [9.17, 15) is 9.50 Å². The van der Waals surface area contributed by atoms with E-state index >= 15 is 0 Å². The van der Waals surface area contributed by atoms with Crippen LogP contribution in [-0.2, 0) is 18.8 Å². The SMILES string of the molecule is Cc1ccc([C@]2(O)CC[C@H]3CN(Cc4ccccc4OCc4cccc(F)c4)C[C@H]32)nc1. The second-order valence-electron chi connectivity index (χ2n) is 9.27. The Morgan fingerprint density at radius 1 is 1.12 bits per heavy atom. The van der Waals surface area contributed by atoms with Crippen molar-refractivity contribution in [2.75, 3.05) is 13.1 Å². The Kier molecular flexibility index (Phi) is 5.70. The first-order valence-electron chi connectivity index (χ1n) is 11.3. The Morgan fingerprint density at radius 2 is 2.00 bits per heavy atom. The zero-order chi connectivity index (χ0) is 22.1. The summed E-state index contributed by atoms with van der Waals surface area (Å²) in [6.45, 7) is 4.93. The maximum atomic E-state index is 13.5. The van der Waals surface area contributed by atoms with Gasteiger partial charge in [-0.05, 0) is 61.1 Å². The molecule has 166 valence electrons. The topological polar surface area (TPSA) is 45.6 Å². The first kappa shape index (κ1) is 21.1. The third-order valence-electron chi connectivity index (χ3n) is 7.03. The lowest BCUT2D eigenvalue weighted by Gasteiger charge is -2.30. The molecular formula is C27H29FN2O2. The zero-order valence-corrected chi connectivity index (χ0v) is 18.4. The van der Waals surface area contributed by atoms with Crippen molar-refractivity contribution in [1.29, 1.82) is 0 Å². The quantitative estimate of drug-likeness (QED) is 0.606. The van der Waals surface area contributed by atoms with Gasteiger partial charge in [0, 0.05) is 37.3 Å². The molecule has 1 aromatic heterocycles. The van der Waals surface area contributed by atoms with Crippen LogP contribution in [0.1, 0.15) is 35.2 Å². The van der Waals surface area contributed by atoms with Crippen LogP contribution in [0.3, 0.4) is 0 Å². The maximum Gasteiger partial charge on any atom is 0.124 e. The minimum absolute atomic E-state index is 0.193. The molecule has 5 rings (SSSR count). The summed E-state index contributed by atoms with van der Waals surface area (Å²) in [6.07, 6.45) is 3.64. The van der Waals surface area contributed by atoms with E-state index < -0.39 is 5.60 Å². The van der Waals surface area contributed by atoms with Gasteiger partial charge in [0.2, 0.25) is 0 Å². The Balaban J connectivity index is 1.27.